The number of unbranched alkanes of at least 4 members (excludes halogenated alkanes) is 27. The van der Waals surface area contributed by atoms with Crippen molar-refractivity contribution in [3.8, 4) is 0 Å². The zero-order valence-electron chi connectivity index (χ0n) is 47.0. The zero-order chi connectivity index (χ0) is 54.4. The van der Waals surface area contributed by atoms with Crippen LogP contribution in [-0.4, -0.2) is 142 Å². The summed E-state index contributed by atoms with van der Waals surface area (Å²) in [6.45, 7) is 3.61. The number of hydrogen-bond donors (Lipinski definition) is 7. The molecule has 2 saturated heterocycles. The van der Waals surface area contributed by atoms with Crippen LogP contribution in [0.3, 0.4) is 0 Å². The monoisotopic (exact) mass is 1070 g/mol. The lowest BCUT2D eigenvalue weighted by Gasteiger charge is -2.42. The molecule has 0 spiro atoms. The van der Waals surface area contributed by atoms with E-state index in [9.17, 15) is 40.5 Å². The Kier molecular flexibility index (Phi) is 44.1. The molecule has 75 heavy (non-hydrogen) atoms. The smallest absolute Gasteiger partial charge is 0.306 e. The highest BCUT2D eigenvalue weighted by Gasteiger charge is 2.47. The summed E-state index contributed by atoms with van der Waals surface area (Å²) in [4.78, 5) is 13.1. The molecule has 0 aromatic rings. The van der Waals surface area contributed by atoms with Crippen molar-refractivity contribution >= 4 is 5.97 Å². The third-order valence-corrected chi connectivity index (χ3v) is 14.4. The van der Waals surface area contributed by atoms with Gasteiger partial charge in [-0.2, -0.15) is 0 Å². The van der Waals surface area contributed by atoms with Crippen LogP contribution in [-0.2, 0) is 33.2 Å². The maximum absolute atomic E-state index is 13.1. The van der Waals surface area contributed by atoms with E-state index in [1.54, 1.807) is 0 Å². The Morgan fingerprint density at radius 3 is 1.36 bits per heavy atom. The molecule has 7 N–H and O–H groups in total. The summed E-state index contributed by atoms with van der Waals surface area (Å²) in [6.07, 6.45) is 41.7. The van der Waals surface area contributed by atoms with Gasteiger partial charge in [0.05, 0.1) is 26.4 Å². The Morgan fingerprint density at radius 1 is 0.453 bits per heavy atom. The fourth-order valence-corrected chi connectivity index (χ4v) is 9.51. The zero-order valence-corrected chi connectivity index (χ0v) is 47.0. The van der Waals surface area contributed by atoms with Gasteiger partial charge in [-0.3, -0.25) is 4.79 Å². The van der Waals surface area contributed by atoms with Crippen molar-refractivity contribution in [2.24, 2.45) is 0 Å². The van der Waals surface area contributed by atoms with E-state index in [1.165, 1.54) is 135 Å². The van der Waals surface area contributed by atoms with Gasteiger partial charge in [0.2, 0.25) is 0 Å². The van der Waals surface area contributed by atoms with Crippen molar-refractivity contribution in [2.75, 3.05) is 33.0 Å². The lowest BCUT2D eigenvalue weighted by molar-refractivity contribution is -0.332. The van der Waals surface area contributed by atoms with E-state index in [0.717, 1.165) is 70.6 Å². The predicted molar refractivity (Wildman–Crippen MR) is 298 cm³/mol. The van der Waals surface area contributed by atoms with Gasteiger partial charge in [-0.25, -0.2) is 0 Å². The van der Waals surface area contributed by atoms with E-state index < -0.39 is 80.7 Å². The van der Waals surface area contributed by atoms with Gasteiger partial charge in [-0.1, -0.05) is 223 Å². The Bertz CT molecular complexity index is 1420. The minimum absolute atomic E-state index is 0.0614. The first kappa shape index (κ1) is 69.1. The number of aliphatic hydroxyl groups is 7. The van der Waals surface area contributed by atoms with Gasteiger partial charge in [0.15, 0.2) is 12.6 Å². The molecule has 0 aliphatic carbocycles. The van der Waals surface area contributed by atoms with Gasteiger partial charge in [-0.15, -0.1) is 0 Å². The summed E-state index contributed by atoms with van der Waals surface area (Å²) >= 11 is 0. The van der Waals surface area contributed by atoms with Crippen molar-refractivity contribution in [1.82, 2.24) is 0 Å². The predicted octanol–water partition coefficient (Wildman–Crippen LogP) is 11.1. The molecule has 0 amide bonds. The Hall–Kier alpha value is -2.05. The second-order valence-corrected chi connectivity index (χ2v) is 21.2. The molecule has 0 radical (unpaired) electrons. The first-order chi connectivity index (χ1) is 36.6. The maximum Gasteiger partial charge on any atom is 0.306 e. The van der Waals surface area contributed by atoms with Gasteiger partial charge < -0.3 is 64.2 Å². The second-order valence-electron chi connectivity index (χ2n) is 21.2. The number of aliphatic hydroxyl groups excluding tert-OH is 7. The minimum Gasteiger partial charge on any atom is -0.457 e. The molecular formula is C61H110O14. The van der Waals surface area contributed by atoms with Crippen LogP contribution in [0.4, 0.5) is 0 Å². The largest absolute Gasteiger partial charge is 0.457 e. The number of rotatable bonds is 49. The SMILES string of the molecule is CC/C=C\C/C=C\C/C=C\C/C=C\CCCCCCCCCCCCCOCC(COC1OC(COC2OC(CO)C(O)C(O)C2O)C(O)C(O)C1O)OC(=O)CCCCCCCCCCCCCCCCCCC. The summed E-state index contributed by atoms with van der Waals surface area (Å²) in [5, 5.41) is 72.4. The summed E-state index contributed by atoms with van der Waals surface area (Å²) in [5.41, 5.74) is 0. The van der Waals surface area contributed by atoms with Crippen LogP contribution in [0.1, 0.15) is 232 Å². The van der Waals surface area contributed by atoms with Gasteiger partial charge in [0.25, 0.3) is 0 Å². The minimum atomic E-state index is -1.71. The third-order valence-electron chi connectivity index (χ3n) is 14.4. The van der Waals surface area contributed by atoms with E-state index in [0.29, 0.717) is 13.0 Å². The highest BCUT2D eigenvalue weighted by molar-refractivity contribution is 5.69. The lowest BCUT2D eigenvalue weighted by Crippen LogP contribution is -2.61. The summed E-state index contributed by atoms with van der Waals surface area (Å²) < 4.78 is 34.4. The molecule has 2 aliphatic rings. The quantitative estimate of drug-likeness (QED) is 0.0172. The molecule has 0 bridgehead atoms. The number of hydrogen-bond acceptors (Lipinski definition) is 14. The second kappa shape index (κ2) is 47.9. The standard InChI is InChI=1S/C61H110O14/c1-3-5-7-9-11-13-15-17-19-21-22-23-24-25-26-27-29-31-33-35-37-39-41-43-45-70-47-50(73-53(63)44-42-40-38-36-34-32-30-28-20-18-16-14-12-10-8-6-4-2)48-71-60-59(69)57(67)55(65)52(75-60)49-72-61-58(68)56(66)54(64)51(46-62)74-61/h5,7,11,13,17,19,22-23,50-52,54-62,64-69H,3-4,6,8-10,12,14-16,18,20-21,24-49H2,1-2H3/b7-5-,13-11-,19-17-,23-22-. The highest BCUT2D eigenvalue weighted by Crippen LogP contribution is 2.27. The van der Waals surface area contributed by atoms with Crippen LogP contribution < -0.4 is 0 Å². The first-order valence-corrected chi connectivity index (χ1v) is 30.2. The Labute approximate surface area is 454 Å². The van der Waals surface area contributed by atoms with Crippen LogP contribution in [0.25, 0.3) is 0 Å². The Morgan fingerprint density at radius 2 is 0.867 bits per heavy atom. The highest BCUT2D eigenvalue weighted by atomic mass is 16.7. The number of allylic oxidation sites excluding steroid dienone is 8. The van der Waals surface area contributed by atoms with Crippen LogP contribution in [0.5, 0.6) is 0 Å². The number of carbonyl (C=O) groups excluding carboxylic acids is 1. The van der Waals surface area contributed by atoms with E-state index in [4.69, 9.17) is 28.4 Å². The Balaban J connectivity index is 1.69. The molecule has 2 rings (SSSR count). The molecule has 11 unspecified atom stereocenters. The van der Waals surface area contributed by atoms with Crippen LogP contribution in [0.2, 0.25) is 0 Å². The molecule has 2 fully saturated rings. The molecule has 2 aliphatic heterocycles. The topological polar surface area (TPSA) is 214 Å². The van der Waals surface area contributed by atoms with Gasteiger partial charge in [0.1, 0.15) is 54.9 Å². The molecule has 11 atom stereocenters. The van der Waals surface area contributed by atoms with Gasteiger partial charge in [0, 0.05) is 13.0 Å². The summed E-state index contributed by atoms with van der Waals surface area (Å²) in [7, 11) is 0. The average Bonchev–Trinajstić information content (AvgIpc) is 3.41. The summed E-state index contributed by atoms with van der Waals surface area (Å²) in [5.74, 6) is -0.374. The van der Waals surface area contributed by atoms with Crippen molar-refractivity contribution in [3.05, 3.63) is 48.6 Å². The third kappa shape index (κ3) is 34.5. The van der Waals surface area contributed by atoms with E-state index >= 15 is 0 Å². The van der Waals surface area contributed by atoms with Gasteiger partial charge >= 0.3 is 5.97 Å². The maximum atomic E-state index is 13.1. The molecule has 14 nitrogen and oxygen atoms in total. The molecular weight excluding hydrogens is 957 g/mol. The number of carbonyl (C=O) groups is 1. The molecule has 438 valence electrons. The fraction of sp³-hybridized carbons (Fsp3) is 0.852. The molecule has 0 saturated carbocycles. The van der Waals surface area contributed by atoms with Crippen molar-refractivity contribution in [1.29, 1.82) is 0 Å². The molecule has 2 heterocycles. The number of esters is 1. The van der Waals surface area contributed by atoms with Crippen molar-refractivity contribution < 1.29 is 69.0 Å². The van der Waals surface area contributed by atoms with Crippen molar-refractivity contribution in [2.45, 2.75) is 300 Å². The average molecular weight is 1070 g/mol. The summed E-state index contributed by atoms with van der Waals surface area (Å²) in [6, 6.07) is 0. The fourth-order valence-electron chi connectivity index (χ4n) is 9.51. The van der Waals surface area contributed by atoms with Crippen LogP contribution in [0, 0.1) is 0 Å². The first-order valence-electron chi connectivity index (χ1n) is 30.2. The number of ether oxygens (including phenoxy) is 6. The van der Waals surface area contributed by atoms with Crippen LogP contribution in [0.15, 0.2) is 48.6 Å². The van der Waals surface area contributed by atoms with E-state index in [-0.39, 0.29) is 25.6 Å². The van der Waals surface area contributed by atoms with Crippen molar-refractivity contribution in [3.63, 3.8) is 0 Å². The molecule has 14 heteroatoms. The molecule has 0 aromatic heterocycles. The van der Waals surface area contributed by atoms with E-state index in [2.05, 4.69) is 62.5 Å². The molecule has 0 aromatic carbocycles. The van der Waals surface area contributed by atoms with Gasteiger partial charge in [-0.05, 0) is 51.4 Å². The normalized spacial score (nSPS) is 24.9. The van der Waals surface area contributed by atoms with Crippen LogP contribution >= 0.6 is 0 Å². The van der Waals surface area contributed by atoms with E-state index in [1.807, 2.05) is 0 Å². The lowest BCUT2D eigenvalue weighted by atomic mass is 9.98.